The largest absolute Gasteiger partial charge is 0.0842 e. The van der Waals surface area contributed by atoms with Crippen molar-refractivity contribution in [2.45, 2.75) is 37.5 Å². The van der Waals surface area contributed by atoms with Gasteiger partial charge in [0.1, 0.15) is 0 Å². The van der Waals surface area contributed by atoms with Gasteiger partial charge in [-0.1, -0.05) is 103 Å². The molecule has 1 saturated carbocycles. The van der Waals surface area contributed by atoms with Crippen LogP contribution in [0.1, 0.15) is 48.6 Å². The highest BCUT2D eigenvalue weighted by Crippen LogP contribution is 2.78. The number of hydrogen-bond donors (Lipinski definition) is 0. The fourth-order valence-electron chi connectivity index (χ4n) is 5.43. The number of benzene rings is 2. The van der Waals surface area contributed by atoms with Crippen LogP contribution in [0.25, 0.3) is 0 Å². The zero-order valence-corrected chi connectivity index (χ0v) is 15.7. The lowest BCUT2D eigenvalue weighted by atomic mass is 9.76. The Morgan fingerprint density at radius 1 is 0.704 bits per heavy atom. The van der Waals surface area contributed by atoms with Crippen LogP contribution in [0.4, 0.5) is 0 Å². The van der Waals surface area contributed by atoms with Crippen LogP contribution in [0.3, 0.4) is 0 Å². The molecule has 0 radical (unpaired) electrons. The van der Waals surface area contributed by atoms with E-state index in [4.69, 9.17) is 0 Å². The smallest absolute Gasteiger partial charge is 0.0311 e. The average molecular weight is 351 g/mol. The van der Waals surface area contributed by atoms with Crippen molar-refractivity contribution < 1.29 is 0 Å². The summed E-state index contributed by atoms with van der Waals surface area (Å²) in [7, 11) is 0. The molecule has 0 bridgehead atoms. The van der Waals surface area contributed by atoms with Gasteiger partial charge in [0, 0.05) is 17.3 Å². The second kappa shape index (κ2) is 6.85. The van der Waals surface area contributed by atoms with E-state index in [1.807, 2.05) is 0 Å². The molecule has 0 aliphatic heterocycles. The zero-order chi connectivity index (χ0) is 18.1. The first-order valence-corrected chi connectivity index (χ1v) is 10.3. The number of hydrogen-bond acceptors (Lipinski definition) is 0. The van der Waals surface area contributed by atoms with E-state index in [1.54, 1.807) is 5.57 Å². The summed E-state index contributed by atoms with van der Waals surface area (Å²) in [6, 6.07) is 22.4. The normalized spacial score (nSPS) is 29.2. The van der Waals surface area contributed by atoms with Gasteiger partial charge in [0.05, 0.1) is 0 Å². The first-order valence-electron chi connectivity index (χ1n) is 10.3. The lowest BCUT2D eigenvalue weighted by Gasteiger charge is -2.27. The van der Waals surface area contributed by atoms with Crippen LogP contribution in [0.2, 0.25) is 0 Å². The average Bonchev–Trinajstić information content (AvgIpc) is 3.48. The third-order valence-corrected chi connectivity index (χ3v) is 6.54. The van der Waals surface area contributed by atoms with Gasteiger partial charge < -0.3 is 0 Å². The monoisotopic (exact) mass is 350 g/mol. The Balaban J connectivity index is 1.71. The summed E-state index contributed by atoms with van der Waals surface area (Å²) < 4.78 is 0. The molecule has 0 aromatic heterocycles. The third kappa shape index (κ3) is 2.67. The Kier molecular flexibility index (Phi) is 4.20. The second-order valence-corrected chi connectivity index (χ2v) is 7.94. The van der Waals surface area contributed by atoms with Gasteiger partial charge >= 0.3 is 0 Å². The van der Waals surface area contributed by atoms with E-state index in [2.05, 4.69) is 97.1 Å². The highest BCUT2D eigenvalue weighted by molar-refractivity contribution is 5.60. The Hall–Kier alpha value is -2.60. The van der Waals surface area contributed by atoms with Crippen LogP contribution in [0, 0.1) is 5.41 Å². The summed E-state index contributed by atoms with van der Waals surface area (Å²) in [4.78, 5) is 0. The third-order valence-electron chi connectivity index (χ3n) is 6.54. The standard InChI is InChI=1S/C27H26/c1-5-13-21(14-6-1)25-26(22-15-7-2-8-16-22)27(25,23-17-9-3-10-18-23)24-19-11-4-12-20-24/h1-3,5-9,11,13-17,19-20,25-26H,4,10,12,18H2. The van der Waals surface area contributed by atoms with Crippen molar-refractivity contribution in [2.75, 3.05) is 0 Å². The van der Waals surface area contributed by atoms with Crippen LogP contribution in [0.5, 0.6) is 0 Å². The molecule has 2 aromatic carbocycles. The van der Waals surface area contributed by atoms with Gasteiger partial charge in [0.15, 0.2) is 0 Å². The molecule has 5 rings (SSSR count). The predicted octanol–water partition coefficient (Wildman–Crippen LogP) is 7.11. The summed E-state index contributed by atoms with van der Waals surface area (Å²) >= 11 is 0. The SMILES string of the molecule is C1=CCCC(C2(C3=CCCC=C3)C(c3ccccc3)C2c2ccccc2)=C1. The molecular formula is C27H26. The summed E-state index contributed by atoms with van der Waals surface area (Å²) in [6.45, 7) is 0. The van der Waals surface area contributed by atoms with Crippen molar-refractivity contribution in [3.63, 3.8) is 0 Å². The van der Waals surface area contributed by atoms with Crippen molar-refractivity contribution >= 4 is 0 Å². The Bertz CT molecular complexity index is 879. The van der Waals surface area contributed by atoms with Gasteiger partial charge in [-0.05, 0) is 42.4 Å². The molecule has 27 heavy (non-hydrogen) atoms. The van der Waals surface area contributed by atoms with E-state index in [1.165, 1.54) is 36.0 Å². The topological polar surface area (TPSA) is 0 Å². The Morgan fingerprint density at radius 3 is 1.89 bits per heavy atom. The molecule has 2 aromatic rings. The van der Waals surface area contributed by atoms with E-state index in [-0.39, 0.29) is 5.41 Å². The quantitative estimate of drug-likeness (QED) is 0.551. The van der Waals surface area contributed by atoms with E-state index in [9.17, 15) is 0 Å². The van der Waals surface area contributed by atoms with E-state index in [0.29, 0.717) is 11.8 Å². The minimum atomic E-state index is 0.115. The first kappa shape index (κ1) is 16.6. The van der Waals surface area contributed by atoms with E-state index < -0.39 is 0 Å². The van der Waals surface area contributed by atoms with E-state index in [0.717, 1.165) is 6.42 Å². The molecule has 134 valence electrons. The van der Waals surface area contributed by atoms with Gasteiger partial charge in [-0.2, -0.15) is 0 Å². The minimum Gasteiger partial charge on any atom is -0.0842 e. The highest BCUT2D eigenvalue weighted by Gasteiger charge is 2.68. The van der Waals surface area contributed by atoms with Crippen molar-refractivity contribution in [1.82, 2.24) is 0 Å². The summed E-state index contributed by atoms with van der Waals surface area (Å²) in [5.74, 6) is 1.04. The second-order valence-electron chi connectivity index (χ2n) is 7.94. The molecule has 0 heterocycles. The maximum absolute atomic E-state index is 2.51. The summed E-state index contributed by atoms with van der Waals surface area (Å²) in [5, 5.41) is 0. The predicted molar refractivity (Wildman–Crippen MR) is 114 cm³/mol. The molecule has 0 N–H and O–H groups in total. The van der Waals surface area contributed by atoms with Crippen molar-refractivity contribution in [3.05, 3.63) is 119 Å². The molecule has 2 atom stereocenters. The lowest BCUT2D eigenvalue weighted by Crippen LogP contribution is -2.14. The number of allylic oxidation sites excluding steroid dienone is 8. The van der Waals surface area contributed by atoms with E-state index >= 15 is 0 Å². The zero-order valence-electron chi connectivity index (χ0n) is 15.7. The molecular weight excluding hydrogens is 324 g/mol. The number of rotatable bonds is 4. The molecule has 3 aliphatic rings. The molecule has 2 unspecified atom stereocenters. The van der Waals surface area contributed by atoms with Crippen LogP contribution in [-0.4, -0.2) is 0 Å². The van der Waals surface area contributed by atoms with Gasteiger partial charge in [-0.15, -0.1) is 0 Å². The fraction of sp³-hybridized carbons (Fsp3) is 0.259. The molecule has 0 amide bonds. The first-order chi connectivity index (χ1) is 13.4. The summed E-state index contributed by atoms with van der Waals surface area (Å²) in [6.07, 6.45) is 19.0. The summed E-state index contributed by atoms with van der Waals surface area (Å²) in [5.41, 5.74) is 6.22. The molecule has 0 heteroatoms. The van der Waals surface area contributed by atoms with Crippen molar-refractivity contribution in [2.24, 2.45) is 5.41 Å². The van der Waals surface area contributed by atoms with Gasteiger partial charge in [-0.25, -0.2) is 0 Å². The molecule has 1 fully saturated rings. The van der Waals surface area contributed by atoms with Gasteiger partial charge in [0.25, 0.3) is 0 Å². The van der Waals surface area contributed by atoms with Crippen LogP contribution in [0.15, 0.2) is 108 Å². The highest BCUT2D eigenvalue weighted by atomic mass is 14.7. The maximum Gasteiger partial charge on any atom is 0.0311 e. The Labute approximate surface area is 162 Å². The van der Waals surface area contributed by atoms with Gasteiger partial charge in [0.2, 0.25) is 0 Å². The van der Waals surface area contributed by atoms with Crippen LogP contribution in [-0.2, 0) is 0 Å². The lowest BCUT2D eigenvalue weighted by molar-refractivity contribution is 0.637. The molecule has 0 nitrogen and oxygen atoms in total. The molecule has 0 spiro atoms. The van der Waals surface area contributed by atoms with Crippen molar-refractivity contribution in [1.29, 1.82) is 0 Å². The Morgan fingerprint density at radius 2 is 1.37 bits per heavy atom. The van der Waals surface area contributed by atoms with Crippen LogP contribution < -0.4 is 0 Å². The van der Waals surface area contributed by atoms with Crippen molar-refractivity contribution in [3.8, 4) is 0 Å². The molecule has 0 saturated heterocycles. The molecule has 3 aliphatic carbocycles. The van der Waals surface area contributed by atoms with Crippen LogP contribution >= 0.6 is 0 Å². The maximum atomic E-state index is 2.51. The minimum absolute atomic E-state index is 0.115. The fourth-order valence-corrected chi connectivity index (χ4v) is 5.43. The van der Waals surface area contributed by atoms with Gasteiger partial charge in [-0.3, -0.25) is 0 Å².